The Hall–Kier alpha value is -1.36. The molecule has 5 nitrogen and oxygen atoms in total. The Balaban J connectivity index is 2.21. The van der Waals surface area contributed by atoms with E-state index in [1.165, 1.54) is 0 Å². The van der Waals surface area contributed by atoms with Crippen molar-refractivity contribution in [2.24, 2.45) is 0 Å². The molecular weight excluding hydrogens is 220 g/mol. The summed E-state index contributed by atoms with van der Waals surface area (Å²) in [5.41, 5.74) is 1.27. The van der Waals surface area contributed by atoms with Crippen LogP contribution in [0.3, 0.4) is 0 Å². The zero-order valence-corrected chi connectivity index (χ0v) is 10.3. The Morgan fingerprint density at radius 3 is 3.06 bits per heavy atom. The highest BCUT2D eigenvalue weighted by Crippen LogP contribution is 2.19. The average molecular weight is 238 g/mol. The maximum Gasteiger partial charge on any atom is 0.259 e. The number of aliphatic hydroxyl groups is 1. The summed E-state index contributed by atoms with van der Waals surface area (Å²) in [5.74, 6) is 0.492. The molecule has 2 rings (SSSR count). The molecule has 1 fully saturated rings. The number of amides is 1. The Labute approximate surface area is 100 Å². The lowest BCUT2D eigenvalue weighted by molar-refractivity contribution is 0.0471. The van der Waals surface area contributed by atoms with Crippen molar-refractivity contribution in [2.75, 3.05) is 13.1 Å². The Kier molecular flexibility index (Phi) is 3.47. The molecule has 1 aromatic rings. The van der Waals surface area contributed by atoms with Gasteiger partial charge in [0, 0.05) is 13.1 Å². The van der Waals surface area contributed by atoms with Crippen LogP contribution in [-0.4, -0.2) is 40.3 Å². The van der Waals surface area contributed by atoms with Gasteiger partial charge in [0.1, 0.15) is 11.3 Å². The first-order chi connectivity index (χ1) is 8.13. The van der Waals surface area contributed by atoms with Gasteiger partial charge < -0.3 is 14.5 Å². The molecule has 17 heavy (non-hydrogen) atoms. The van der Waals surface area contributed by atoms with E-state index < -0.39 is 6.10 Å². The van der Waals surface area contributed by atoms with E-state index in [0.717, 1.165) is 12.8 Å². The number of nitrogens with zero attached hydrogens (tertiary/aromatic N) is 2. The zero-order valence-electron chi connectivity index (χ0n) is 10.3. The first-order valence-corrected chi connectivity index (χ1v) is 6.06. The molecule has 1 saturated heterocycles. The van der Waals surface area contributed by atoms with Gasteiger partial charge in [0.15, 0.2) is 0 Å². The molecule has 0 unspecified atom stereocenters. The van der Waals surface area contributed by atoms with Gasteiger partial charge in [0.25, 0.3) is 5.91 Å². The van der Waals surface area contributed by atoms with Crippen LogP contribution in [0.25, 0.3) is 0 Å². The normalized spacial score (nSPS) is 20.6. The van der Waals surface area contributed by atoms with Crippen LogP contribution in [0.5, 0.6) is 0 Å². The number of carbonyl (C=O) groups is 1. The number of carbonyl (C=O) groups excluding carboxylic acids is 1. The molecule has 94 valence electrons. The molecule has 1 aliphatic heterocycles. The Morgan fingerprint density at radius 1 is 1.65 bits per heavy atom. The lowest BCUT2D eigenvalue weighted by Crippen LogP contribution is -2.42. The second-order valence-corrected chi connectivity index (χ2v) is 4.46. The third-order valence-corrected chi connectivity index (χ3v) is 3.17. The monoisotopic (exact) mass is 238 g/mol. The van der Waals surface area contributed by atoms with Crippen molar-refractivity contribution >= 4 is 5.91 Å². The molecule has 1 atom stereocenters. The maximum atomic E-state index is 12.3. The topological polar surface area (TPSA) is 66.6 Å². The Morgan fingerprint density at radius 2 is 2.41 bits per heavy atom. The molecule has 5 heteroatoms. The standard InChI is InChI=1S/C12H18N2O3/c1-3-10-11(8(2)17-13-10)12(16)14-6-4-5-9(15)7-14/h9,15H,3-7H2,1-2H3/t9-/m0/s1. The van der Waals surface area contributed by atoms with Gasteiger partial charge in [-0.25, -0.2) is 0 Å². The molecule has 0 bridgehead atoms. The maximum absolute atomic E-state index is 12.3. The summed E-state index contributed by atoms with van der Waals surface area (Å²) in [6.45, 7) is 4.80. The third-order valence-electron chi connectivity index (χ3n) is 3.17. The van der Waals surface area contributed by atoms with E-state index in [1.807, 2.05) is 6.92 Å². The summed E-state index contributed by atoms with van der Waals surface area (Å²) in [7, 11) is 0. The van der Waals surface area contributed by atoms with E-state index in [-0.39, 0.29) is 5.91 Å². The molecule has 0 aliphatic carbocycles. The predicted octanol–water partition coefficient (Wildman–Crippen LogP) is 1.14. The molecule has 0 aromatic carbocycles. The second-order valence-electron chi connectivity index (χ2n) is 4.46. The summed E-state index contributed by atoms with van der Waals surface area (Å²) < 4.78 is 5.07. The van der Waals surface area contributed by atoms with Crippen LogP contribution in [0.4, 0.5) is 0 Å². The number of piperidine rings is 1. The summed E-state index contributed by atoms with van der Waals surface area (Å²) in [6.07, 6.45) is 1.89. The van der Waals surface area contributed by atoms with E-state index in [2.05, 4.69) is 5.16 Å². The van der Waals surface area contributed by atoms with Gasteiger partial charge in [0.05, 0.1) is 11.8 Å². The summed E-state index contributed by atoms with van der Waals surface area (Å²) >= 11 is 0. The van der Waals surface area contributed by atoms with Crippen molar-refractivity contribution in [3.63, 3.8) is 0 Å². The first-order valence-electron chi connectivity index (χ1n) is 6.06. The number of hydrogen-bond donors (Lipinski definition) is 1. The molecule has 0 saturated carbocycles. The summed E-state index contributed by atoms with van der Waals surface area (Å²) in [6, 6.07) is 0. The molecular formula is C12H18N2O3. The predicted molar refractivity (Wildman–Crippen MR) is 61.8 cm³/mol. The van der Waals surface area contributed by atoms with Crippen LogP contribution in [0.1, 0.15) is 41.6 Å². The Bertz CT molecular complexity index is 414. The largest absolute Gasteiger partial charge is 0.391 e. The number of aromatic nitrogens is 1. The van der Waals surface area contributed by atoms with Gasteiger partial charge in [-0.3, -0.25) is 4.79 Å². The van der Waals surface area contributed by atoms with Crippen LogP contribution >= 0.6 is 0 Å². The smallest absolute Gasteiger partial charge is 0.259 e. The van der Waals surface area contributed by atoms with Gasteiger partial charge >= 0.3 is 0 Å². The van der Waals surface area contributed by atoms with Crippen LogP contribution in [0, 0.1) is 6.92 Å². The van der Waals surface area contributed by atoms with Crippen LogP contribution in [-0.2, 0) is 6.42 Å². The minimum absolute atomic E-state index is 0.0700. The molecule has 0 spiro atoms. The summed E-state index contributed by atoms with van der Waals surface area (Å²) in [5, 5.41) is 13.5. The van der Waals surface area contributed by atoms with Crippen LogP contribution < -0.4 is 0 Å². The van der Waals surface area contributed by atoms with Gasteiger partial charge in [-0.05, 0) is 26.2 Å². The number of hydrogen-bond acceptors (Lipinski definition) is 4. The molecule has 1 N–H and O–H groups in total. The molecule has 1 aliphatic rings. The number of aryl methyl sites for hydroxylation is 2. The highest BCUT2D eigenvalue weighted by atomic mass is 16.5. The minimum Gasteiger partial charge on any atom is -0.391 e. The lowest BCUT2D eigenvalue weighted by atomic mass is 10.1. The fourth-order valence-electron chi connectivity index (χ4n) is 2.23. The van der Waals surface area contributed by atoms with E-state index in [4.69, 9.17) is 4.52 Å². The number of aliphatic hydroxyl groups excluding tert-OH is 1. The molecule has 2 heterocycles. The highest BCUT2D eigenvalue weighted by Gasteiger charge is 2.27. The van der Waals surface area contributed by atoms with Crippen molar-refractivity contribution in [3.05, 3.63) is 17.0 Å². The van der Waals surface area contributed by atoms with Crippen molar-refractivity contribution < 1.29 is 14.4 Å². The number of likely N-dealkylation sites (tertiary alicyclic amines) is 1. The van der Waals surface area contributed by atoms with Gasteiger partial charge in [0.2, 0.25) is 0 Å². The van der Waals surface area contributed by atoms with E-state index in [9.17, 15) is 9.90 Å². The second kappa shape index (κ2) is 4.87. The van der Waals surface area contributed by atoms with Crippen molar-refractivity contribution in [1.29, 1.82) is 0 Å². The number of β-amino-alcohol motifs (C(OH)–C–C–N with tert-alkyl or cyclic N) is 1. The van der Waals surface area contributed by atoms with Gasteiger partial charge in [-0.1, -0.05) is 12.1 Å². The van der Waals surface area contributed by atoms with E-state index in [0.29, 0.717) is 36.5 Å². The number of rotatable bonds is 2. The van der Waals surface area contributed by atoms with Crippen LogP contribution in [0.15, 0.2) is 4.52 Å². The van der Waals surface area contributed by atoms with E-state index >= 15 is 0 Å². The minimum atomic E-state index is -0.405. The fourth-order valence-corrected chi connectivity index (χ4v) is 2.23. The fraction of sp³-hybridized carbons (Fsp3) is 0.667. The molecule has 1 aromatic heterocycles. The van der Waals surface area contributed by atoms with E-state index in [1.54, 1.807) is 11.8 Å². The quantitative estimate of drug-likeness (QED) is 0.839. The zero-order chi connectivity index (χ0) is 12.4. The molecule has 1 amide bonds. The van der Waals surface area contributed by atoms with Crippen LogP contribution in [0.2, 0.25) is 0 Å². The third kappa shape index (κ3) is 2.34. The lowest BCUT2D eigenvalue weighted by Gasteiger charge is -2.30. The van der Waals surface area contributed by atoms with Crippen molar-refractivity contribution in [1.82, 2.24) is 10.1 Å². The average Bonchev–Trinajstić information content (AvgIpc) is 2.69. The highest BCUT2D eigenvalue weighted by molar-refractivity contribution is 5.96. The van der Waals surface area contributed by atoms with Crippen molar-refractivity contribution in [3.8, 4) is 0 Å². The first kappa shape index (κ1) is 12.1. The van der Waals surface area contributed by atoms with Gasteiger partial charge in [-0.2, -0.15) is 0 Å². The summed E-state index contributed by atoms with van der Waals surface area (Å²) in [4.78, 5) is 14.0. The van der Waals surface area contributed by atoms with Crippen molar-refractivity contribution in [2.45, 2.75) is 39.2 Å². The SMILES string of the molecule is CCc1noc(C)c1C(=O)N1CCC[C@H](O)C1. The molecule has 0 radical (unpaired) electrons. The van der Waals surface area contributed by atoms with Gasteiger partial charge in [-0.15, -0.1) is 0 Å².